The molecular weight excluding hydrogens is 1040 g/mol. The quantitative estimate of drug-likeness (QED) is 0.0320. The predicted molar refractivity (Wildman–Crippen MR) is 375 cm³/mol. The molecule has 0 rings (SSSR count). The van der Waals surface area contributed by atoms with Crippen molar-refractivity contribution in [2.75, 3.05) is 13.2 Å². The van der Waals surface area contributed by atoms with E-state index in [1.807, 2.05) is 0 Å². The Labute approximate surface area is 533 Å². The number of aliphatic hydroxyl groups is 2. The highest BCUT2D eigenvalue weighted by Crippen LogP contribution is 2.20. The summed E-state index contributed by atoms with van der Waals surface area (Å²) in [7, 11) is 0. The molecule has 0 aliphatic heterocycles. The molecule has 85 heavy (non-hydrogen) atoms. The van der Waals surface area contributed by atoms with Gasteiger partial charge in [-0.1, -0.05) is 405 Å². The van der Waals surface area contributed by atoms with Gasteiger partial charge < -0.3 is 20.3 Å². The highest BCUT2D eigenvalue weighted by molar-refractivity contribution is 5.76. The van der Waals surface area contributed by atoms with Crippen LogP contribution < -0.4 is 5.32 Å². The molecule has 0 aliphatic rings. The van der Waals surface area contributed by atoms with Gasteiger partial charge in [0.2, 0.25) is 5.91 Å². The molecule has 2 atom stereocenters. The summed E-state index contributed by atoms with van der Waals surface area (Å²) in [5.74, 6) is -0.0130. The van der Waals surface area contributed by atoms with Gasteiger partial charge in [0.1, 0.15) is 0 Å². The summed E-state index contributed by atoms with van der Waals surface area (Å²) < 4.78 is 5.49. The lowest BCUT2D eigenvalue weighted by Gasteiger charge is -2.22. The van der Waals surface area contributed by atoms with Gasteiger partial charge in [-0.15, -0.1) is 0 Å². The number of hydrogen-bond acceptors (Lipinski definition) is 5. The number of aliphatic hydroxyl groups excluding tert-OH is 2. The summed E-state index contributed by atoms with van der Waals surface area (Å²) in [6, 6.07) is -0.540. The molecule has 0 fully saturated rings. The van der Waals surface area contributed by atoms with Gasteiger partial charge in [0.15, 0.2) is 0 Å². The summed E-state index contributed by atoms with van der Waals surface area (Å²) in [5, 5.41) is 23.5. The molecule has 0 heterocycles. The van der Waals surface area contributed by atoms with Gasteiger partial charge in [-0.05, 0) is 51.4 Å². The third-order valence-electron chi connectivity index (χ3n) is 18.8. The highest BCUT2D eigenvalue weighted by atomic mass is 16.5. The minimum atomic E-state index is -0.663. The van der Waals surface area contributed by atoms with E-state index in [1.165, 1.54) is 379 Å². The number of allylic oxidation sites excluding steroid dienone is 2. The molecule has 506 valence electrons. The molecule has 0 radical (unpaired) electrons. The Morgan fingerprint density at radius 3 is 0.835 bits per heavy atom. The molecule has 0 saturated carbocycles. The van der Waals surface area contributed by atoms with Gasteiger partial charge in [0, 0.05) is 12.8 Å². The molecule has 1 amide bonds. The molecule has 6 nitrogen and oxygen atoms in total. The zero-order valence-electron chi connectivity index (χ0n) is 58.1. The van der Waals surface area contributed by atoms with E-state index in [9.17, 15) is 19.8 Å². The van der Waals surface area contributed by atoms with Crippen molar-refractivity contribution in [1.29, 1.82) is 0 Å². The fourth-order valence-electron chi connectivity index (χ4n) is 12.8. The van der Waals surface area contributed by atoms with E-state index in [1.54, 1.807) is 0 Å². The van der Waals surface area contributed by atoms with Crippen LogP contribution in [0.1, 0.15) is 457 Å². The van der Waals surface area contributed by atoms with Gasteiger partial charge in [-0.3, -0.25) is 9.59 Å². The molecular formula is C79H155NO5. The average molecular weight is 1200 g/mol. The number of carbonyl (C=O) groups excluding carboxylic acids is 2. The van der Waals surface area contributed by atoms with Crippen LogP contribution in [0.5, 0.6) is 0 Å². The summed E-state index contributed by atoms with van der Waals surface area (Å²) in [5.41, 5.74) is 0. The predicted octanol–water partition coefficient (Wildman–Crippen LogP) is 25.9. The van der Waals surface area contributed by atoms with Crippen LogP contribution in [-0.4, -0.2) is 47.4 Å². The maximum absolute atomic E-state index is 12.6. The van der Waals surface area contributed by atoms with Crippen LogP contribution in [0.4, 0.5) is 0 Å². The molecule has 0 aromatic carbocycles. The second kappa shape index (κ2) is 75.1. The van der Waals surface area contributed by atoms with Crippen LogP contribution >= 0.6 is 0 Å². The van der Waals surface area contributed by atoms with Crippen molar-refractivity contribution in [3.63, 3.8) is 0 Å². The Bertz CT molecular complexity index is 1290. The Hall–Kier alpha value is -1.40. The fraction of sp³-hybridized carbons (Fsp3) is 0.949. The summed E-state index contributed by atoms with van der Waals surface area (Å²) >= 11 is 0. The summed E-state index contributed by atoms with van der Waals surface area (Å²) in [6.07, 6.45) is 94.4. The molecule has 0 aromatic heterocycles. The van der Waals surface area contributed by atoms with E-state index in [0.29, 0.717) is 25.9 Å². The number of nitrogens with one attached hydrogen (secondary N) is 1. The smallest absolute Gasteiger partial charge is 0.305 e. The lowest BCUT2D eigenvalue weighted by atomic mass is 10.0. The fourth-order valence-corrected chi connectivity index (χ4v) is 12.8. The van der Waals surface area contributed by atoms with Gasteiger partial charge in [-0.25, -0.2) is 0 Å². The van der Waals surface area contributed by atoms with Gasteiger partial charge in [0.25, 0.3) is 0 Å². The number of esters is 1. The van der Waals surface area contributed by atoms with E-state index in [-0.39, 0.29) is 18.5 Å². The Morgan fingerprint density at radius 2 is 0.553 bits per heavy atom. The van der Waals surface area contributed by atoms with Crippen molar-refractivity contribution in [2.45, 2.75) is 469 Å². The normalized spacial score (nSPS) is 12.5. The van der Waals surface area contributed by atoms with Crippen LogP contribution in [0, 0.1) is 0 Å². The molecule has 2 unspecified atom stereocenters. The van der Waals surface area contributed by atoms with Crippen LogP contribution in [0.25, 0.3) is 0 Å². The molecule has 6 heteroatoms. The standard InChI is InChI=1S/C79H155NO5/c1-3-5-7-9-11-13-15-17-19-20-21-22-23-29-32-35-38-41-44-47-51-55-59-63-67-71-77(82)76(75-81)80-78(83)72-68-64-60-56-52-48-45-42-39-36-33-30-27-25-24-26-28-31-34-37-40-43-46-50-54-58-62-66-70-74-85-79(84)73-69-65-61-57-53-49-18-16-14-12-10-8-6-4-2/h16,18,76-77,81-82H,3-15,17,19-75H2,1-2H3,(H,80,83)/b18-16-. The minimum absolute atomic E-state index is 0.0122. The van der Waals surface area contributed by atoms with E-state index < -0.39 is 12.1 Å². The molecule has 0 aromatic rings. The third kappa shape index (κ3) is 71.6. The maximum atomic E-state index is 12.6. The Morgan fingerprint density at radius 1 is 0.318 bits per heavy atom. The first-order valence-corrected chi connectivity index (χ1v) is 39.4. The van der Waals surface area contributed by atoms with Gasteiger partial charge in [0.05, 0.1) is 25.4 Å². The van der Waals surface area contributed by atoms with Crippen LogP contribution in [-0.2, 0) is 14.3 Å². The van der Waals surface area contributed by atoms with E-state index >= 15 is 0 Å². The highest BCUT2D eigenvalue weighted by Gasteiger charge is 2.20. The largest absolute Gasteiger partial charge is 0.466 e. The third-order valence-corrected chi connectivity index (χ3v) is 18.8. The van der Waals surface area contributed by atoms with Crippen molar-refractivity contribution in [3.05, 3.63) is 12.2 Å². The van der Waals surface area contributed by atoms with E-state index in [0.717, 1.165) is 44.9 Å². The SMILES string of the molecule is CCCCCCC/C=C\CCCCCCCC(=O)OCCCCCCCCCCCCCCCCCCCCCCCCCCCCCCCC(=O)NC(CO)C(O)CCCCCCCCCCCCCCCCCCCCCCCCCCC. The van der Waals surface area contributed by atoms with Crippen molar-refractivity contribution in [3.8, 4) is 0 Å². The lowest BCUT2D eigenvalue weighted by molar-refractivity contribution is -0.143. The number of ether oxygens (including phenoxy) is 1. The van der Waals surface area contributed by atoms with Crippen LogP contribution in [0.3, 0.4) is 0 Å². The van der Waals surface area contributed by atoms with Crippen molar-refractivity contribution >= 4 is 11.9 Å². The maximum Gasteiger partial charge on any atom is 0.305 e. The molecule has 0 spiro atoms. The van der Waals surface area contributed by atoms with Crippen molar-refractivity contribution in [1.82, 2.24) is 5.32 Å². The molecule has 3 N–H and O–H groups in total. The van der Waals surface area contributed by atoms with E-state index in [4.69, 9.17) is 4.74 Å². The first-order valence-electron chi connectivity index (χ1n) is 39.4. The van der Waals surface area contributed by atoms with Crippen LogP contribution in [0.15, 0.2) is 12.2 Å². The lowest BCUT2D eigenvalue weighted by Crippen LogP contribution is -2.45. The number of carbonyl (C=O) groups is 2. The topological polar surface area (TPSA) is 95.9 Å². The van der Waals surface area contributed by atoms with Crippen molar-refractivity contribution in [2.24, 2.45) is 0 Å². The first kappa shape index (κ1) is 83.6. The zero-order chi connectivity index (χ0) is 61.3. The average Bonchev–Trinajstić information content (AvgIpc) is 3.51. The number of hydrogen-bond donors (Lipinski definition) is 3. The molecule has 0 bridgehead atoms. The van der Waals surface area contributed by atoms with E-state index in [2.05, 4.69) is 31.3 Å². The second-order valence-corrected chi connectivity index (χ2v) is 27.4. The minimum Gasteiger partial charge on any atom is -0.466 e. The Balaban J connectivity index is 3.34. The number of unbranched alkanes of at least 4 members (excludes halogenated alkanes) is 62. The number of rotatable bonds is 75. The summed E-state index contributed by atoms with van der Waals surface area (Å²) in [4.78, 5) is 24.6. The zero-order valence-corrected chi connectivity index (χ0v) is 58.1. The summed E-state index contributed by atoms with van der Waals surface area (Å²) in [6.45, 7) is 5.00. The van der Waals surface area contributed by atoms with Crippen molar-refractivity contribution < 1.29 is 24.5 Å². The number of amides is 1. The Kier molecular flexibility index (Phi) is 73.8. The second-order valence-electron chi connectivity index (χ2n) is 27.4. The monoisotopic (exact) mass is 1200 g/mol. The van der Waals surface area contributed by atoms with Crippen LogP contribution in [0.2, 0.25) is 0 Å². The molecule has 0 saturated heterocycles. The first-order chi connectivity index (χ1) is 42.0. The van der Waals surface area contributed by atoms with Gasteiger partial charge >= 0.3 is 5.97 Å². The van der Waals surface area contributed by atoms with Gasteiger partial charge in [-0.2, -0.15) is 0 Å². The molecule has 0 aliphatic carbocycles.